The monoisotopic (exact) mass is 500 g/mol. The van der Waals surface area contributed by atoms with Crippen molar-refractivity contribution in [2.45, 2.75) is 13.3 Å². The van der Waals surface area contributed by atoms with Crippen LogP contribution >= 0.6 is 11.6 Å². The second kappa shape index (κ2) is 9.59. The Kier molecular flexibility index (Phi) is 6.18. The molecule has 4 N–H and O–H groups in total. The molecule has 0 aliphatic carbocycles. The topological polar surface area (TPSA) is 120 Å². The fourth-order valence-electron chi connectivity index (χ4n) is 3.85. The molecule has 2 amide bonds. The summed E-state index contributed by atoms with van der Waals surface area (Å²) in [6.45, 7) is 2.01. The van der Waals surface area contributed by atoms with Gasteiger partial charge < -0.3 is 20.2 Å². The Balaban J connectivity index is 1.45. The molecule has 0 aliphatic rings. The number of hydrogen-bond donors (Lipinski definition) is 4. The molecule has 2 heterocycles. The van der Waals surface area contributed by atoms with E-state index < -0.39 is 11.8 Å². The molecule has 36 heavy (non-hydrogen) atoms. The molecule has 5 aromatic rings. The lowest BCUT2D eigenvalue weighted by Gasteiger charge is -2.07. The predicted octanol–water partition coefficient (Wildman–Crippen LogP) is 6.25. The molecule has 0 aliphatic heterocycles. The number of aromatic nitrogens is 2. The Hall–Kier alpha value is -4.56. The molecular formula is C27H21ClN4O4. The first-order chi connectivity index (χ1) is 17.4. The average Bonchev–Trinajstić information content (AvgIpc) is 3.50. The highest BCUT2D eigenvalue weighted by Gasteiger charge is 2.24. The number of carbonyl (C=O) groups is 2. The summed E-state index contributed by atoms with van der Waals surface area (Å²) in [5.74, 6) is -1.07. The SMILES string of the molecule is CCc1ccc(O)c(-c2cc(C(=O)Nc3c(C(=O)Nc4cccc(Cl)c4)oc4ccccc34)[nH]n2)c1. The summed E-state index contributed by atoms with van der Waals surface area (Å²) in [4.78, 5) is 26.2. The van der Waals surface area contributed by atoms with Gasteiger partial charge in [-0.2, -0.15) is 5.10 Å². The van der Waals surface area contributed by atoms with E-state index in [1.807, 2.05) is 19.1 Å². The molecule has 8 nitrogen and oxygen atoms in total. The second-order valence-electron chi connectivity index (χ2n) is 8.09. The lowest BCUT2D eigenvalue weighted by molar-refractivity contribution is 0.0999. The second-order valence-corrected chi connectivity index (χ2v) is 8.53. The van der Waals surface area contributed by atoms with Crippen LogP contribution < -0.4 is 10.6 Å². The van der Waals surface area contributed by atoms with Gasteiger partial charge in [-0.05, 0) is 60.5 Å². The number of phenols is 1. The van der Waals surface area contributed by atoms with E-state index in [0.29, 0.717) is 32.9 Å². The number of carbonyl (C=O) groups excluding carboxylic acids is 2. The van der Waals surface area contributed by atoms with Crippen molar-refractivity contribution in [3.63, 3.8) is 0 Å². The van der Waals surface area contributed by atoms with Crippen LogP contribution in [0.15, 0.2) is 77.2 Å². The number of fused-ring (bicyclic) bond motifs is 1. The van der Waals surface area contributed by atoms with E-state index in [4.69, 9.17) is 16.0 Å². The summed E-state index contributed by atoms with van der Waals surface area (Å²) in [6.07, 6.45) is 0.790. The first-order valence-electron chi connectivity index (χ1n) is 11.2. The van der Waals surface area contributed by atoms with Gasteiger partial charge in [-0.1, -0.05) is 42.8 Å². The van der Waals surface area contributed by atoms with Gasteiger partial charge in [0.25, 0.3) is 11.8 Å². The predicted molar refractivity (Wildman–Crippen MR) is 139 cm³/mol. The zero-order chi connectivity index (χ0) is 25.2. The Morgan fingerprint density at radius 3 is 2.64 bits per heavy atom. The van der Waals surface area contributed by atoms with E-state index in [2.05, 4.69) is 20.8 Å². The number of furan rings is 1. The summed E-state index contributed by atoms with van der Waals surface area (Å²) in [5.41, 5.74) is 3.26. The smallest absolute Gasteiger partial charge is 0.293 e. The Morgan fingerprint density at radius 2 is 1.83 bits per heavy atom. The number of para-hydroxylation sites is 1. The molecule has 3 aromatic carbocycles. The van der Waals surface area contributed by atoms with Gasteiger partial charge in [0.1, 0.15) is 22.7 Å². The van der Waals surface area contributed by atoms with E-state index in [0.717, 1.165) is 12.0 Å². The first kappa shape index (κ1) is 23.2. The minimum Gasteiger partial charge on any atom is -0.507 e. The number of hydrogen-bond acceptors (Lipinski definition) is 5. The highest BCUT2D eigenvalue weighted by atomic mass is 35.5. The van der Waals surface area contributed by atoms with E-state index in [9.17, 15) is 14.7 Å². The van der Waals surface area contributed by atoms with Crippen LogP contribution in [0.2, 0.25) is 5.02 Å². The normalized spacial score (nSPS) is 10.9. The largest absolute Gasteiger partial charge is 0.507 e. The van der Waals surface area contributed by atoms with Crippen LogP contribution in [0.1, 0.15) is 33.5 Å². The van der Waals surface area contributed by atoms with Crippen molar-refractivity contribution in [1.82, 2.24) is 10.2 Å². The third-order valence-electron chi connectivity index (χ3n) is 5.69. The molecule has 0 spiro atoms. The number of anilines is 2. The molecule has 2 aromatic heterocycles. The van der Waals surface area contributed by atoms with E-state index in [1.54, 1.807) is 54.6 Å². The fraction of sp³-hybridized carbons (Fsp3) is 0.0741. The van der Waals surface area contributed by atoms with E-state index >= 15 is 0 Å². The number of amides is 2. The molecule has 9 heteroatoms. The molecule has 0 radical (unpaired) electrons. The number of aryl methyl sites for hydroxylation is 1. The quantitative estimate of drug-likeness (QED) is 0.219. The van der Waals surface area contributed by atoms with Gasteiger partial charge in [-0.25, -0.2) is 0 Å². The van der Waals surface area contributed by atoms with Crippen LogP contribution in [0.3, 0.4) is 0 Å². The van der Waals surface area contributed by atoms with E-state index in [1.165, 1.54) is 6.07 Å². The van der Waals surface area contributed by atoms with E-state index in [-0.39, 0.29) is 22.9 Å². The van der Waals surface area contributed by atoms with Crippen LogP contribution in [-0.4, -0.2) is 27.1 Å². The number of phenolic OH excluding ortho intramolecular Hbond substituents is 1. The first-order valence-corrected chi connectivity index (χ1v) is 11.6. The van der Waals surface area contributed by atoms with Gasteiger partial charge in [-0.15, -0.1) is 0 Å². The lowest BCUT2D eigenvalue weighted by Crippen LogP contribution is -2.17. The molecule has 0 atom stereocenters. The van der Waals surface area contributed by atoms with Crippen LogP contribution in [0, 0.1) is 0 Å². The number of aromatic hydroxyl groups is 1. The van der Waals surface area contributed by atoms with Crippen molar-refractivity contribution in [2.24, 2.45) is 0 Å². The zero-order valence-electron chi connectivity index (χ0n) is 19.1. The standard InChI is InChI=1S/C27H21ClN4O4/c1-2-15-10-11-22(33)19(12-15)20-14-21(32-31-20)26(34)30-24-18-8-3-4-9-23(18)36-25(24)27(35)29-17-7-5-6-16(28)13-17/h3-14,33H,2H2,1H3,(H,29,35)(H,30,34)(H,31,32). The number of aromatic amines is 1. The number of H-pyrrole nitrogens is 1. The lowest BCUT2D eigenvalue weighted by atomic mass is 10.1. The number of nitrogens with one attached hydrogen (secondary N) is 3. The third kappa shape index (κ3) is 4.54. The van der Waals surface area contributed by atoms with Gasteiger partial charge in [-0.3, -0.25) is 14.7 Å². The Morgan fingerprint density at radius 1 is 1.00 bits per heavy atom. The van der Waals surface area contributed by atoms with Crippen molar-refractivity contribution in [1.29, 1.82) is 0 Å². The molecule has 0 bridgehead atoms. The van der Waals surface area contributed by atoms with Gasteiger partial charge >= 0.3 is 0 Å². The summed E-state index contributed by atoms with van der Waals surface area (Å²) in [5, 5.41) is 23.7. The summed E-state index contributed by atoms with van der Waals surface area (Å²) in [7, 11) is 0. The van der Waals surface area contributed by atoms with Crippen LogP contribution in [0.5, 0.6) is 5.75 Å². The van der Waals surface area contributed by atoms with Crippen molar-refractivity contribution in [2.75, 3.05) is 10.6 Å². The maximum atomic E-state index is 13.2. The van der Waals surface area contributed by atoms with Gasteiger partial charge in [0.05, 0.1) is 5.69 Å². The minimum absolute atomic E-state index is 0.0578. The average molecular weight is 501 g/mol. The maximum absolute atomic E-state index is 13.2. The van der Waals surface area contributed by atoms with Gasteiger partial charge in [0.2, 0.25) is 5.76 Å². The number of benzene rings is 3. The van der Waals surface area contributed by atoms with Gasteiger partial charge in [0.15, 0.2) is 0 Å². The minimum atomic E-state index is -0.546. The maximum Gasteiger partial charge on any atom is 0.293 e. The number of nitrogens with zero attached hydrogens (tertiary/aromatic N) is 1. The molecule has 0 unspecified atom stereocenters. The number of rotatable bonds is 6. The zero-order valence-corrected chi connectivity index (χ0v) is 19.9. The van der Waals surface area contributed by atoms with Crippen molar-refractivity contribution in [3.05, 3.63) is 94.8 Å². The third-order valence-corrected chi connectivity index (χ3v) is 5.93. The molecule has 0 fully saturated rings. The summed E-state index contributed by atoms with van der Waals surface area (Å²) in [6, 6.07) is 20.5. The van der Waals surface area contributed by atoms with Crippen LogP contribution in [0.4, 0.5) is 11.4 Å². The summed E-state index contributed by atoms with van der Waals surface area (Å²) < 4.78 is 5.80. The fourth-order valence-corrected chi connectivity index (χ4v) is 4.04. The van der Waals surface area contributed by atoms with Crippen molar-refractivity contribution in [3.8, 4) is 17.0 Å². The highest BCUT2D eigenvalue weighted by molar-refractivity contribution is 6.31. The van der Waals surface area contributed by atoms with Gasteiger partial charge in [0, 0.05) is 21.7 Å². The highest BCUT2D eigenvalue weighted by Crippen LogP contribution is 2.33. The Labute approximate surface area is 210 Å². The van der Waals surface area contributed by atoms with Crippen LogP contribution in [-0.2, 0) is 6.42 Å². The molecular weight excluding hydrogens is 480 g/mol. The number of halogens is 1. The van der Waals surface area contributed by atoms with Crippen LogP contribution in [0.25, 0.3) is 22.2 Å². The Bertz CT molecular complexity index is 1600. The molecule has 5 rings (SSSR count). The molecule has 180 valence electrons. The van der Waals surface area contributed by atoms with Crippen molar-refractivity contribution < 1.29 is 19.1 Å². The molecule has 0 saturated heterocycles. The summed E-state index contributed by atoms with van der Waals surface area (Å²) >= 11 is 6.02. The van der Waals surface area contributed by atoms with Crippen molar-refractivity contribution >= 4 is 45.8 Å². The molecule has 0 saturated carbocycles.